The summed E-state index contributed by atoms with van der Waals surface area (Å²) in [6, 6.07) is 55.2. The molecule has 0 aliphatic heterocycles. The summed E-state index contributed by atoms with van der Waals surface area (Å²) in [5.41, 5.74) is 14.5. The third-order valence-corrected chi connectivity index (χ3v) is 10.1. The second kappa shape index (κ2) is 12.5. The monoisotopic (exact) mass is 838 g/mol. The van der Waals surface area contributed by atoms with Gasteiger partial charge in [0.2, 0.25) is 0 Å². The van der Waals surface area contributed by atoms with Gasteiger partial charge < -0.3 is 9.13 Å². The molecule has 51 heavy (non-hydrogen) atoms. The van der Waals surface area contributed by atoms with Crippen molar-refractivity contribution in [3.8, 4) is 33.6 Å². The number of benzene rings is 6. The van der Waals surface area contributed by atoms with Crippen molar-refractivity contribution in [3.05, 3.63) is 162 Å². The van der Waals surface area contributed by atoms with Gasteiger partial charge in [0.05, 0.1) is 11.0 Å². The molecule has 4 heteroatoms. The normalized spacial score (nSPS) is 11.9. The number of nitrogens with zero attached hydrogens (tertiary/aromatic N) is 3. The van der Waals surface area contributed by atoms with Gasteiger partial charge in [0.25, 0.3) is 0 Å². The summed E-state index contributed by atoms with van der Waals surface area (Å²) in [6.45, 7) is 11.2. The molecule has 0 amide bonds. The van der Waals surface area contributed by atoms with Gasteiger partial charge in [-0.15, -0.1) is 35.9 Å². The number of hydrogen-bond acceptors (Lipinski definition) is 1. The third kappa shape index (κ3) is 5.43. The molecule has 0 atom stereocenters. The van der Waals surface area contributed by atoms with Crippen molar-refractivity contribution in [1.29, 1.82) is 0 Å². The van der Waals surface area contributed by atoms with Crippen molar-refractivity contribution in [2.75, 3.05) is 0 Å². The van der Waals surface area contributed by atoms with Gasteiger partial charge in [-0.05, 0) is 54.3 Å². The Kier molecular flexibility index (Phi) is 8.08. The van der Waals surface area contributed by atoms with E-state index in [-0.39, 0.29) is 26.5 Å². The standard InChI is InChI=1S/C47H37N3.Pt/c1-30-26-40(31(2)25-39(30)32-15-7-6-8-16-32)33-17-13-19-35(27-33)49-43-23-11-9-21-37(43)41-29-42-38-22-10-12-24-44(38)50(46(42)48-45(41)49)36-20-14-18-34(28-36)47(3,4)5;/h6-19,21-26,28-29H,1-5H3;/q-2;+2. The van der Waals surface area contributed by atoms with E-state index in [4.69, 9.17) is 4.98 Å². The fourth-order valence-electron chi connectivity index (χ4n) is 7.57. The van der Waals surface area contributed by atoms with E-state index in [1.807, 2.05) is 6.07 Å². The van der Waals surface area contributed by atoms with E-state index in [1.165, 1.54) is 44.2 Å². The fourth-order valence-corrected chi connectivity index (χ4v) is 7.57. The predicted molar refractivity (Wildman–Crippen MR) is 210 cm³/mol. The molecule has 0 bridgehead atoms. The van der Waals surface area contributed by atoms with Crippen LogP contribution in [0.3, 0.4) is 0 Å². The second-order valence-electron chi connectivity index (χ2n) is 14.4. The topological polar surface area (TPSA) is 22.8 Å². The minimum Gasteiger partial charge on any atom is -0.318 e. The zero-order chi connectivity index (χ0) is 34.1. The molecule has 0 aliphatic rings. The summed E-state index contributed by atoms with van der Waals surface area (Å²) in [5.74, 6) is 0. The van der Waals surface area contributed by atoms with Gasteiger partial charge in [-0.2, -0.15) is 23.8 Å². The zero-order valence-electron chi connectivity index (χ0n) is 29.4. The molecule has 9 aromatic rings. The first-order valence-electron chi connectivity index (χ1n) is 17.3. The van der Waals surface area contributed by atoms with Crippen LogP contribution in [0.1, 0.15) is 37.5 Å². The number of pyridine rings is 1. The molecular formula is C47H37N3Pt. The van der Waals surface area contributed by atoms with Crippen molar-refractivity contribution in [3.63, 3.8) is 0 Å². The van der Waals surface area contributed by atoms with Crippen LogP contribution >= 0.6 is 0 Å². The minimum atomic E-state index is 0. The maximum atomic E-state index is 5.56. The molecule has 6 aromatic carbocycles. The molecule has 0 aliphatic carbocycles. The fraction of sp³-hybridized carbons (Fsp3) is 0.128. The Labute approximate surface area is 313 Å². The van der Waals surface area contributed by atoms with Crippen LogP contribution in [0.5, 0.6) is 0 Å². The summed E-state index contributed by atoms with van der Waals surface area (Å²) < 4.78 is 4.56. The Balaban J connectivity index is 0.00000374. The first-order valence-corrected chi connectivity index (χ1v) is 17.3. The van der Waals surface area contributed by atoms with Crippen LogP contribution in [0.4, 0.5) is 0 Å². The van der Waals surface area contributed by atoms with Gasteiger partial charge in [0, 0.05) is 21.5 Å². The van der Waals surface area contributed by atoms with Crippen LogP contribution in [-0.2, 0) is 26.5 Å². The molecule has 0 saturated heterocycles. The van der Waals surface area contributed by atoms with E-state index in [0.717, 1.165) is 50.0 Å². The van der Waals surface area contributed by atoms with Crippen molar-refractivity contribution in [2.24, 2.45) is 0 Å². The largest absolute Gasteiger partial charge is 2.00 e. The first-order chi connectivity index (χ1) is 24.3. The van der Waals surface area contributed by atoms with Crippen LogP contribution in [0.15, 0.2) is 133 Å². The molecule has 9 rings (SSSR count). The summed E-state index contributed by atoms with van der Waals surface area (Å²) in [4.78, 5) is 5.56. The van der Waals surface area contributed by atoms with Crippen LogP contribution < -0.4 is 0 Å². The van der Waals surface area contributed by atoms with E-state index < -0.39 is 0 Å². The van der Waals surface area contributed by atoms with E-state index >= 15 is 0 Å². The number of fused-ring (bicyclic) bond motifs is 6. The van der Waals surface area contributed by atoms with E-state index in [9.17, 15) is 0 Å². The second-order valence-corrected chi connectivity index (χ2v) is 14.4. The molecule has 3 aromatic heterocycles. The molecule has 0 spiro atoms. The van der Waals surface area contributed by atoms with E-state index in [2.05, 4.69) is 183 Å². The average Bonchev–Trinajstić information content (AvgIpc) is 3.63. The maximum absolute atomic E-state index is 5.56. The first kappa shape index (κ1) is 32.9. The molecule has 3 nitrogen and oxygen atoms in total. The molecule has 0 fully saturated rings. The van der Waals surface area contributed by atoms with Gasteiger partial charge in [-0.3, -0.25) is 0 Å². The Morgan fingerprint density at radius 2 is 1.14 bits per heavy atom. The van der Waals surface area contributed by atoms with E-state index in [0.29, 0.717) is 0 Å². The van der Waals surface area contributed by atoms with Crippen molar-refractivity contribution >= 4 is 43.9 Å². The zero-order valence-corrected chi connectivity index (χ0v) is 31.6. The van der Waals surface area contributed by atoms with Gasteiger partial charge >= 0.3 is 21.1 Å². The van der Waals surface area contributed by atoms with Gasteiger partial charge in [-0.25, -0.2) is 4.98 Å². The SMILES string of the molecule is Cc1cc(-c2ccccc2)c(C)cc1-c1[c-]c(-n2c3ccccc3c3cc4c5ccccc5n(-c5[c-]ccc(C(C)(C)C)c5)c4nc32)ccc1.[Pt+2]. The van der Waals surface area contributed by atoms with Crippen molar-refractivity contribution < 1.29 is 21.1 Å². The summed E-state index contributed by atoms with van der Waals surface area (Å²) in [7, 11) is 0. The van der Waals surface area contributed by atoms with Crippen LogP contribution in [0.2, 0.25) is 0 Å². The number of aromatic nitrogens is 3. The average molecular weight is 839 g/mol. The summed E-state index contributed by atoms with van der Waals surface area (Å²) in [5, 5.41) is 4.61. The van der Waals surface area contributed by atoms with Gasteiger partial charge in [0.15, 0.2) is 0 Å². The summed E-state index contributed by atoms with van der Waals surface area (Å²) in [6.07, 6.45) is 0. The molecule has 0 N–H and O–H groups in total. The Hall–Kier alpha value is -5.24. The molecule has 3 heterocycles. The van der Waals surface area contributed by atoms with Crippen molar-refractivity contribution in [1.82, 2.24) is 14.1 Å². The van der Waals surface area contributed by atoms with Crippen LogP contribution in [0, 0.1) is 26.0 Å². The quantitative estimate of drug-likeness (QED) is 0.162. The minimum absolute atomic E-state index is 0. The van der Waals surface area contributed by atoms with Gasteiger partial charge in [0.1, 0.15) is 11.3 Å². The van der Waals surface area contributed by atoms with E-state index in [1.54, 1.807) is 0 Å². The van der Waals surface area contributed by atoms with Gasteiger partial charge in [-0.1, -0.05) is 122 Å². The number of rotatable bonds is 4. The smallest absolute Gasteiger partial charge is 0.318 e. The molecule has 0 unspecified atom stereocenters. The molecule has 0 radical (unpaired) electrons. The number of aryl methyl sites for hydroxylation is 2. The molecule has 0 saturated carbocycles. The molecular weight excluding hydrogens is 802 g/mol. The molecule has 250 valence electrons. The maximum Gasteiger partial charge on any atom is 2.00 e. The Bertz CT molecular complexity index is 2760. The van der Waals surface area contributed by atoms with Crippen LogP contribution in [-0.4, -0.2) is 14.1 Å². The Morgan fingerprint density at radius 1 is 0.549 bits per heavy atom. The van der Waals surface area contributed by atoms with Crippen molar-refractivity contribution in [2.45, 2.75) is 40.0 Å². The predicted octanol–water partition coefficient (Wildman–Crippen LogP) is 12.1. The summed E-state index contributed by atoms with van der Waals surface area (Å²) >= 11 is 0. The number of hydrogen-bond donors (Lipinski definition) is 0. The van der Waals surface area contributed by atoms with Crippen LogP contribution in [0.25, 0.3) is 77.5 Å². The Morgan fingerprint density at radius 3 is 1.80 bits per heavy atom. The third-order valence-electron chi connectivity index (χ3n) is 10.1. The number of para-hydroxylation sites is 2.